The first-order valence-electron chi connectivity index (χ1n) is 14.4. The Balaban J connectivity index is 2.13. The Labute approximate surface area is 275 Å². The predicted octanol–water partition coefficient (Wildman–Crippen LogP) is 5.94. The van der Waals surface area contributed by atoms with Crippen LogP contribution in [0, 0.1) is 0 Å². The van der Waals surface area contributed by atoms with Gasteiger partial charge in [0.2, 0.25) is 11.8 Å². The highest BCUT2D eigenvalue weighted by molar-refractivity contribution is 7.92. The van der Waals surface area contributed by atoms with Gasteiger partial charge in [0.25, 0.3) is 10.0 Å². The number of ether oxygens (including phenoxy) is 3. The number of halogens is 2. The molecule has 0 radical (unpaired) electrons. The molecule has 13 heteroatoms. The molecule has 0 saturated carbocycles. The molecule has 3 aromatic carbocycles. The first-order chi connectivity index (χ1) is 21.4. The third-order valence-corrected chi connectivity index (χ3v) is 9.32. The van der Waals surface area contributed by atoms with Crippen LogP contribution < -0.4 is 23.8 Å². The van der Waals surface area contributed by atoms with E-state index in [1.165, 1.54) is 37.3 Å². The molecule has 0 fully saturated rings. The van der Waals surface area contributed by atoms with Crippen LogP contribution in [-0.4, -0.2) is 64.6 Å². The minimum atomic E-state index is -4.35. The van der Waals surface area contributed by atoms with Crippen molar-refractivity contribution in [2.45, 2.75) is 57.6 Å². The normalized spacial score (nSPS) is 11.9. The molecule has 1 N–H and O–H groups in total. The number of carbonyl (C=O) groups is 2. The van der Waals surface area contributed by atoms with Crippen molar-refractivity contribution in [2.75, 3.05) is 31.7 Å². The molecule has 0 bridgehead atoms. The second-order valence-electron chi connectivity index (χ2n) is 10.3. The van der Waals surface area contributed by atoms with E-state index in [9.17, 15) is 18.0 Å². The second kappa shape index (κ2) is 16.1. The van der Waals surface area contributed by atoms with E-state index in [-0.39, 0.29) is 46.3 Å². The third kappa shape index (κ3) is 8.96. The van der Waals surface area contributed by atoms with Crippen LogP contribution in [0.25, 0.3) is 0 Å². The smallest absolute Gasteiger partial charge is 0.264 e. The zero-order valence-corrected chi connectivity index (χ0v) is 28.5. The molecule has 1 atom stereocenters. The van der Waals surface area contributed by atoms with Gasteiger partial charge in [-0.15, -0.1) is 0 Å². The fourth-order valence-electron chi connectivity index (χ4n) is 4.64. The Morgan fingerprint density at radius 1 is 0.889 bits per heavy atom. The van der Waals surface area contributed by atoms with E-state index in [2.05, 4.69) is 5.32 Å². The maximum atomic E-state index is 14.3. The number of amides is 2. The van der Waals surface area contributed by atoms with Gasteiger partial charge in [0.15, 0.2) is 11.5 Å². The van der Waals surface area contributed by atoms with Crippen molar-refractivity contribution < 1.29 is 32.2 Å². The maximum absolute atomic E-state index is 14.3. The average molecular weight is 681 g/mol. The van der Waals surface area contributed by atoms with E-state index in [1.54, 1.807) is 49.4 Å². The number of hydrogen-bond donors (Lipinski definition) is 1. The number of nitrogens with one attached hydrogen (secondary N) is 1. The Hall–Kier alpha value is -3.67. The molecule has 1 unspecified atom stereocenters. The summed E-state index contributed by atoms with van der Waals surface area (Å²) in [6.07, 6.45) is 0.275. The zero-order chi connectivity index (χ0) is 33.3. The van der Waals surface area contributed by atoms with Crippen molar-refractivity contribution in [1.82, 2.24) is 10.2 Å². The molecule has 3 rings (SSSR count). The molecular formula is C32H39Cl2N3O7S. The van der Waals surface area contributed by atoms with Gasteiger partial charge in [-0.2, -0.15) is 0 Å². The molecule has 45 heavy (non-hydrogen) atoms. The quantitative estimate of drug-likeness (QED) is 0.212. The average Bonchev–Trinajstić information content (AvgIpc) is 3.01. The van der Waals surface area contributed by atoms with Crippen LogP contribution in [0.1, 0.15) is 39.7 Å². The van der Waals surface area contributed by atoms with Crippen molar-refractivity contribution in [2.24, 2.45) is 0 Å². The lowest BCUT2D eigenvalue weighted by Crippen LogP contribution is -2.53. The van der Waals surface area contributed by atoms with E-state index in [1.807, 2.05) is 20.8 Å². The fraction of sp³-hybridized carbons (Fsp3) is 0.375. The van der Waals surface area contributed by atoms with Crippen molar-refractivity contribution in [3.8, 4) is 17.2 Å². The van der Waals surface area contributed by atoms with Crippen molar-refractivity contribution in [3.63, 3.8) is 0 Å². The van der Waals surface area contributed by atoms with Crippen LogP contribution in [0.2, 0.25) is 10.0 Å². The van der Waals surface area contributed by atoms with Crippen LogP contribution >= 0.6 is 23.2 Å². The highest BCUT2D eigenvalue weighted by Gasteiger charge is 2.34. The van der Waals surface area contributed by atoms with Crippen LogP contribution in [0.15, 0.2) is 65.6 Å². The number of benzene rings is 3. The number of nitrogens with zero attached hydrogens (tertiary/aromatic N) is 2. The van der Waals surface area contributed by atoms with Gasteiger partial charge in [0, 0.05) is 18.7 Å². The Morgan fingerprint density at radius 3 is 2.11 bits per heavy atom. The maximum Gasteiger partial charge on any atom is 0.264 e. The largest absolute Gasteiger partial charge is 0.494 e. The molecule has 0 aliphatic rings. The van der Waals surface area contributed by atoms with Crippen LogP contribution in [0.4, 0.5) is 5.69 Å². The Kier molecular flexibility index (Phi) is 12.8. The number of hydrogen-bond acceptors (Lipinski definition) is 7. The van der Waals surface area contributed by atoms with Crippen molar-refractivity contribution in [3.05, 3.63) is 76.3 Å². The van der Waals surface area contributed by atoms with Gasteiger partial charge < -0.3 is 24.4 Å². The number of carbonyl (C=O) groups excluding carboxylic acids is 2. The second-order valence-corrected chi connectivity index (χ2v) is 13.0. The van der Waals surface area contributed by atoms with E-state index < -0.39 is 28.5 Å². The van der Waals surface area contributed by atoms with Gasteiger partial charge in [0.05, 0.1) is 41.5 Å². The molecule has 0 heterocycles. The predicted molar refractivity (Wildman–Crippen MR) is 176 cm³/mol. The molecule has 0 saturated heterocycles. The summed E-state index contributed by atoms with van der Waals surface area (Å²) < 4.78 is 45.6. The van der Waals surface area contributed by atoms with Gasteiger partial charge >= 0.3 is 0 Å². The van der Waals surface area contributed by atoms with Crippen molar-refractivity contribution >= 4 is 50.7 Å². The van der Waals surface area contributed by atoms with E-state index in [4.69, 9.17) is 37.4 Å². The lowest BCUT2D eigenvalue weighted by Gasteiger charge is -2.33. The molecular weight excluding hydrogens is 641 g/mol. The van der Waals surface area contributed by atoms with Gasteiger partial charge in [-0.25, -0.2) is 8.42 Å². The summed E-state index contributed by atoms with van der Waals surface area (Å²) in [7, 11) is -1.51. The van der Waals surface area contributed by atoms with E-state index in [0.717, 1.165) is 4.31 Å². The van der Waals surface area contributed by atoms with Crippen LogP contribution in [0.3, 0.4) is 0 Å². The van der Waals surface area contributed by atoms with Crippen LogP contribution in [0.5, 0.6) is 17.2 Å². The highest BCUT2D eigenvalue weighted by atomic mass is 35.5. The third-order valence-electron chi connectivity index (χ3n) is 6.81. The topological polar surface area (TPSA) is 114 Å². The van der Waals surface area contributed by atoms with Gasteiger partial charge in [-0.3, -0.25) is 13.9 Å². The Bertz CT molecular complexity index is 1580. The summed E-state index contributed by atoms with van der Waals surface area (Å²) in [4.78, 5) is 28.8. The zero-order valence-electron chi connectivity index (χ0n) is 26.2. The lowest BCUT2D eigenvalue weighted by atomic mass is 10.1. The van der Waals surface area contributed by atoms with Gasteiger partial charge in [-0.05, 0) is 81.3 Å². The summed E-state index contributed by atoms with van der Waals surface area (Å²) in [5.74, 6) is 0.110. The van der Waals surface area contributed by atoms with E-state index in [0.29, 0.717) is 28.7 Å². The van der Waals surface area contributed by atoms with Crippen molar-refractivity contribution in [1.29, 1.82) is 0 Å². The van der Waals surface area contributed by atoms with Gasteiger partial charge in [0.1, 0.15) is 18.3 Å². The summed E-state index contributed by atoms with van der Waals surface area (Å²) in [6, 6.07) is 14.4. The molecule has 244 valence electrons. The van der Waals surface area contributed by atoms with Crippen LogP contribution in [-0.2, 0) is 26.2 Å². The number of rotatable bonds is 15. The molecule has 0 spiro atoms. The first-order valence-corrected chi connectivity index (χ1v) is 16.6. The summed E-state index contributed by atoms with van der Waals surface area (Å²) >= 11 is 12.4. The Morgan fingerprint density at radius 2 is 1.56 bits per heavy atom. The summed E-state index contributed by atoms with van der Waals surface area (Å²) in [6.45, 7) is 7.04. The molecule has 10 nitrogen and oxygen atoms in total. The lowest BCUT2D eigenvalue weighted by molar-refractivity contribution is -0.140. The molecule has 2 amide bonds. The summed E-state index contributed by atoms with van der Waals surface area (Å²) in [5.41, 5.74) is 0.833. The minimum Gasteiger partial charge on any atom is -0.494 e. The minimum absolute atomic E-state index is 0.0206. The first kappa shape index (κ1) is 35.8. The van der Waals surface area contributed by atoms with E-state index >= 15 is 0 Å². The molecule has 0 aromatic heterocycles. The number of sulfonamides is 1. The number of anilines is 1. The fourth-order valence-corrected chi connectivity index (χ4v) is 6.39. The molecule has 0 aliphatic heterocycles. The standard InChI is InChI=1S/C32H39Cl2N3O7S/c1-7-28(32(39)35-21(3)4)36(19-22-9-15-26(33)27(34)17-22)31(38)20-37(23-10-12-24(13-11-23)44-8-2)45(40,41)25-14-16-29(42-5)30(18-25)43-6/h9-18,21,28H,7-8,19-20H2,1-6H3,(H,35,39). The SMILES string of the molecule is CCOc1ccc(N(CC(=O)N(Cc2ccc(Cl)c(Cl)c2)C(CC)C(=O)NC(C)C)S(=O)(=O)c2ccc(OC)c(OC)c2)cc1. The molecule has 3 aromatic rings. The summed E-state index contributed by atoms with van der Waals surface area (Å²) in [5, 5.41) is 3.49. The van der Waals surface area contributed by atoms with Gasteiger partial charge in [-0.1, -0.05) is 36.2 Å². The number of methoxy groups -OCH3 is 2. The molecule has 0 aliphatic carbocycles. The monoisotopic (exact) mass is 679 g/mol. The highest BCUT2D eigenvalue weighted by Crippen LogP contribution is 2.33.